The lowest BCUT2D eigenvalue weighted by Crippen LogP contribution is -2.39. The summed E-state index contributed by atoms with van der Waals surface area (Å²) in [5.74, 6) is 1.66. The number of rotatable bonds is 4. The summed E-state index contributed by atoms with van der Waals surface area (Å²) in [6.45, 7) is 4.69. The summed E-state index contributed by atoms with van der Waals surface area (Å²) < 4.78 is 12.0. The SMILES string of the molecule is COc1cc2c(cc1OCc1ccc(C)cc1)CCN1Cc3[nH]c4ccccc4c3CC21. The van der Waals surface area contributed by atoms with Gasteiger partial charge in [-0.05, 0) is 60.2 Å². The number of aromatic nitrogens is 1. The van der Waals surface area contributed by atoms with E-state index in [1.165, 1.54) is 44.4 Å². The van der Waals surface area contributed by atoms with Crippen molar-refractivity contribution < 1.29 is 9.47 Å². The molecule has 0 bridgehead atoms. The quantitative estimate of drug-likeness (QED) is 0.455. The van der Waals surface area contributed by atoms with Gasteiger partial charge in [0.2, 0.25) is 0 Å². The Balaban J connectivity index is 1.32. The first-order valence-electron chi connectivity index (χ1n) is 11.4. The van der Waals surface area contributed by atoms with Crippen LogP contribution in [0, 0.1) is 6.92 Å². The van der Waals surface area contributed by atoms with Crippen molar-refractivity contribution in [3.8, 4) is 11.5 Å². The molecule has 6 rings (SSSR count). The van der Waals surface area contributed by atoms with Crippen LogP contribution in [0.1, 0.15) is 39.6 Å². The van der Waals surface area contributed by atoms with Crippen molar-refractivity contribution in [2.45, 2.75) is 39.0 Å². The summed E-state index contributed by atoms with van der Waals surface area (Å²) in [5, 5.41) is 1.36. The zero-order valence-electron chi connectivity index (χ0n) is 18.7. The van der Waals surface area contributed by atoms with Gasteiger partial charge in [-0.2, -0.15) is 0 Å². The molecule has 0 spiro atoms. The van der Waals surface area contributed by atoms with Crippen molar-refractivity contribution in [2.75, 3.05) is 13.7 Å². The molecule has 0 saturated heterocycles. The van der Waals surface area contributed by atoms with Crippen LogP contribution in [0.4, 0.5) is 0 Å². The van der Waals surface area contributed by atoms with Crippen LogP contribution in [-0.2, 0) is 26.0 Å². The normalized spacial score (nSPS) is 17.5. The minimum atomic E-state index is 0.380. The second kappa shape index (κ2) is 7.72. The average molecular weight is 425 g/mol. The van der Waals surface area contributed by atoms with Gasteiger partial charge in [0.1, 0.15) is 6.61 Å². The minimum Gasteiger partial charge on any atom is -0.493 e. The van der Waals surface area contributed by atoms with E-state index in [4.69, 9.17) is 9.47 Å². The Bertz CT molecular complexity index is 1290. The molecule has 3 heterocycles. The number of nitrogens with one attached hydrogen (secondary N) is 1. The van der Waals surface area contributed by atoms with Crippen molar-refractivity contribution in [1.82, 2.24) is 9.88 Å². The van der Waals surface area contributed by atoms with Crippen LogP contribution in [0.2, 0.25) is 0 Å². The molecule has 1 unspecified atom stereocenters. The van der Waals surface area contributed by atoms with Gasteiger partial charge in [0.15, 0.2) is 11.5 Å². The van der Waals surface area contributed by atoms with E-state index >= 15 is 0 Å². The van der Waals surface area contributed by atoms with Crippen LogP contribution in [-0.4, -0.2) is 23.5 Å². The zero-order chi connectivity index (χ0) is 21.7. The third kappa shape index (κ3) is 3.26. The van der Waals surface area contributed by atoms with E-state index in [0.717, 1.165) is 37.4 Å². The number of ether oxygens (including phenoxy) is 2. The third-order valence-corrected chi connectivity index (χ3v) is 7.07. The number of hydrogen-bond donors (Lipinski definition) is 1. The van der Waals surface area contributed by atoms with Gasteiger partial charge in [-0.3, -0.25) is 4.90 Å². The summed E-state index contributed by atoms with van der Waals surface area (Å²) in [4.78, 5) is 6.26. The van der Waals surface area contributed by atoms with Crippen LogP contribution in [0.5, 0.6) is 11.5 Å². The molecular weight excluding hydrogens is 396 g/mol. The van der Waals surface area contributed by atoms with E-state index in [0.29, 0.717) is 12.6 Å². The number of H-pyrrole nitrogens is 1. The van der Waals surface area contributed by atoms with E-state index in [1.54, 1.807) is 7.11 Å². The van der Waals surface area contributed by atoms with E-state index in [1.807, 2.05) is 0 Å². The zero-order valence-corrected chi connectivity index (χ0v) is 18.7. The smallest absolute Gasteiger partial charge is 0.161 e. The topological polar surface area (TPSA) is 37.5 Å². The van der Waals surface area contributed by atoms with E-state index < -0.39 is 0 Å². The molecule has 0 aliphatic carbocycles. The molecule has 32 heavy (non-hydrogen) atoms. The predicted octanol–water partition coefficient (Wildman–Crippen LogP) is 5.72. The van der Waals surface area contributed by atoms with Crippen molar-refractivity contribution in [2.24, 2.45) is 0 Å². The first kappa shape index (κ1) is 19.4. The number of benzene rings is 3. The Hall–Kier alpha value is -3.24. The van der Waals surface area contributed by atoms with Gasteiger partial charge in [0.05, 0.1) is 7.11 Å². The van der Waals surface area contributed by atoms with E-state index in [-0.39, 0.29) is 0 Å². The highest BCUT2D eigenvalue weighted by Crippen LogP contribution is 2.43. The molecule has 4 nitrogen and oxygen atoms in total. The molecule has 0 saturated carbocycles. The Morgan fingerprint density at radius 1 is 1.03 bits per heavy atom. The van der Waals surface area contributed by atoms with Crippen LogP contribution < -0.4 is 9.47 Å². The van der Waals surface area contributed by atoms with Crippen LogP contribution >= 0.6 is 0 Å². The Labute approximate surface area is 188 Å². The van der Waals surface area contributed by atoms with E-state index in [2.05, 4.69) is 77.5 Å². The van der Waals surface area contributed by atoms with Gasteiger partial charge in [0.25, 0.3) is 0 Å². The molecule has 162 valence electrons. The first-order chi connectivity index (χ1) is 15.7. The van der Waals surface area contributed by atoms with Gasteiger partial charge in [-0.25, -0.2) is 0 Å². The highest BCUT2D eigenvalue weighted by Gasteiger charge is 2.34. The molecule has 2 aliphatic rings. The second-order valence-corrected chi connectivity index (χ2v) is 9.04. The largest absolute Gasteiger partial charge is 0.493 e. The summed E-state index contributed by atoms with van der Waals surface area (Å²) >= 11 is 0. The fourth-order valence-corrected chi connectivity index (χ4v) is 5.33. The van der Waals surface area contributed by atoms with Gasteiger partial charge in [-0.15, -0.1) is 0 Å². The van der Waals surface area contributed by atoms with Gasteiger partial charge < -0.3 is 14.5 Å². The number of fused-ring (bicyclic) bond motifs is 6. The third-order valence-electron chi connectivity index (χ3n) is 7.07. The standard InChI is InChI=1S/C28H28N2O2/c1-18-7-9-19(10-8-18)17-32-28-13-20-11-12-30-16-25-23(21-5-3-4-6-24(21)29-25)14-26(30)22(20)15-27(28)31-2/h3-10,13,15,26,29H,11-12,14,16-17H2,1-2H3. The number of methoxy groups -OCH3 is 1. The molecule has 0 radical (unpaired) electrons. The number of nitrogens with zero attached hydrogens (tertiary/aromatic N) is 1. The maximum Gasteiger partial charge on any atom is 0.161 e. The molecule has 0 amide bonds. The van der Waals surface area contributed by atoms with Gasteiger partial charge >= 0.3 is 0 Å². The van der Waals surface area contributed by atoms with E-state index in [9.17, 15) is 0 Å². The highest BCUT2D eigenvalue weighted by atomic mass is 16.5. The minimum absolute atomic E-state index is 0.380. The second-order valence-electron chi connectivity index (χ2n) is 9.04. The molecule has 1 N–H and O–H groups in total. The summed E-state index contributed by atoms with van der Waals surface area (Å²) in [6, 6.07) is 22.0. The Morgan fingerprint density at radius 2 is 1.88 bits per heavy atom. The molecule has 3 aromatic carbocycles. The fraction of sp³-hybridized carbons (Fsp3) is 0.286. The maximum absolute atomic E-state index is 6.21. The first-order valence-corrected chi connectivity index (χ1v) is 11.4. The van der Waals surface area contributed by atoms with Crippen molar-refractivity contribution in [3.05, 3.63) is 94.2 Å². The fourth-order valence-electron chi connectivity index (χ4n) is 5.33. The average Bonchev–Trinajstić information content (AvgIpc) is 3.19. The summed E-state index contributed by atoms with van der Waals surface area (Å²) in [7, 11) is 1.74. The Morgan fingerprint density at radius 3 is 2.72 bits per heavy atom. The van der Waals surface area contributed by atoms with Crippen molar-refractivity contribution in [3.63, 3.8) is 0 Å². The molecule has 1 aromatic heterocycles. The number of aryl methyl sites for hydroxylation is 1. The summed E-state index contributed by atoms with van der Waals surface area (Å²) in [6.07, 6.45) is 2.06. The number of para-hydroxylation sites is 1. The van der Waals surface area contributed by atoms with Gasteiger partial charge in [-0.1, -0.05) is 48.0 Å². The number of aromatic amines is 1. The molecule has 0 fully saturated rings. The number of hydrogen-bond acceptors (Lipinski definition) is 3. The molecule has 4 aromatic rings. The summed E-state index contributed by atoms with van der Waals surface area (Å²) in [5.41, 5.74) is 9.27. The molecule has 1 atom stereocenters. The van der Waals surface area contributed by atoms with Crippen LogP contribution in [0.25, 0.3) is 10.9 Å². The van der Waals surface area contributed by atoms with Crippen LogP contribution in [0.15, 0.2) is 60.7 Å². The Kier molecular flexibility index (Phi) is 4.69. The lowest BCUT2D eigenvalue weighted by Gasteiger charge is -2.40. The monoisotopic (exact) mass is 424 g/mol. The lowest BCUT2D eigenvalue weighted by atomic mass is 9.85. The maximum atomic E-state index is 6.21. The predicted molar refractivity (Wildman–Crippen MR) is 127 cm³/mol. The lowest BCUT2D eigenvalue weighted by molar-refractivity contribution is 0.158. The van der Waals surface area contributed by atoms with Crippen molar-refractivity contribution >= 4 is 10.9 Å². The molecular formula is C28H28N2O2. The molecule has 2 aliphatic heterocycles. The molecule has 4 heteroatoms. The van der Waals surface area contributed by atoms with Crippen LogP contribution in [0.3, 0.4) is 0 Å². The van der Waals surface area contributed by atoms with Crippen molar-refractivity contribution in [1.29, 1.82) is 0 Å². The highest BCUT2D eigenvalue weighted by molar-refractivity contribution is 5.85. The van der Waals surface area contributed by atoms with Gasteiger partial charge in [0, 0.05) is 35.7 Å².